The zero-order chi connectivity index (χ0) is 17.6. The standard InChI is InChI=1S/C20H27ClN2O2/c21-16-8-4-10-18-20(16)17(9-5-11-23(18)12-13-24)22-19(25)14-15-6-2-1-3-7-15/h4,8-10,15,24H,1-3,5-7,11-14H2,(H,22,25). The van der Waals surface area contributed by atoms with E-state index in [0.29, 0.717) is 23.9 Å². The first-order valence-corrected chi connectivity index (χ1v) is 9.71. The number of nitrogens with one attached hydrogen (secondary N) is 1. The van der Waals surface area contributed by atoms with Crippen LogP contribution in [0.15, 0.2) is 24.3 Å². The van der Waals surface area contributed by atoms with E-state index in [2.05, 4.69) is 16.3 Å². The lowest BCUT2D eigenvalue weighted by Crippen LogP contribution is -2.28. The van der Waals surface area contributed by atoms with Crippen LogP contribution < -0.4 is 10.2 Å². The van der Waals surface area contributed by atoms with E-state index in [1.54, 1.807) is 0 Å². The highest BCUT2D eigenvalue weighted by atomic mass is 35.5. The summed E-state index contributed by atoms with van der Waals surface area (Å²) in [6, 6.07) is 5.77. The molecule has 1 fully saturated rings. The van der Waals surface area contributed by atoms with E-state index in [-0.39, 0.29) is 12.5 Å². The average molecular weight is 363 g/mol. The van der Waals surface area contributed by atoms with Crippen molar-refractivity contribution in [2.45, 2.75) is 44.9 Å². The number of amides is 1. The maximum Gasteiger partial charge on any atom is 0.224 e. The largest absolute Gasteiger partial charge is 0.395 e. The lowest BCUT2D eigenvalue weighted by Gasteiger charge is -2.25. The van der Waals surface area contributed by atoms with Crippen molar-refractivity contribution in [1.82, 2.24) is 5.32 Å². The van der Waals surface area contributed by atoms with Crippen molar-refractivity contribution in [3.8, 4) is 0 Å². The van der Waals surface area contributed by atoms with E-state index in [0.717, 1.165) is 42.8 Å². The average Bonchev–Trinajstić information content (AvgIpc) is 2.77. The maximum atomic E-state index is 12.6. The predicted octanol–water partition coefficient (Wildman–Crippen LogP) is 3.97. The number of fused-ring (bicyclic) bond motifs is 1. The van der Waals surface area contributed by atoms with Gasteiger partial charge in [-0.05, 0) is 37.3 Å². The molecule has 0 radical (unpaired) electrons. The van der Waals surface area contributed by atoms with Crippen LogP contribution in [0.3, 0.4) is 0 Å². The van der Waals surface area contributed by atoms with Gasteiger partial charge in [-0.1, -0.05) is 43.0 Å². The lowest BCUT2D eigenvalue weighted by molar-refractivity contribution is -0.121. The molecule has 0 spiro atoms. The third-order valence-corrected chi connectivity index (χ3v) is 5.51. The molecule has 1 aliphatic carbocycles. The van der Waals surface area contributed by atoms with Crippen LogP contribution in [0, 0.1) is 5.92 Å². The van der Waals surface area contributed by atoms with Gasteiger partial charge in [-0.25, -0.2) is 0 Å². The Morgan fingerprint density at radius 1 is 1.28 bits per heavy atom. The quantitative estimate of drug-likeness (QED) is 0.833. The zero-order valence-electron chi connectivity index (χ0n) is 14.6. The van der Waals surface area contributed by atoms with Crippen LogP contribution in [0.5, 0.6) is 0 Å². The van der Waals surface area contributed by atoms with Gasteiger partial charge >= 0.3 is 0 Å². The maximum absolute atomic E-state index is 12.6. The SMILES string of the molecule is O=C(CC1CCCCC1)NC1=CCCN(CCO)c2cccc(Cl)c21. The molecular formula is C20H27ClN2O2. The second-order valence-electron chi connectivity index (χ2n) is 7.01. The van der Waals surface area contributed by atoms with Crippen LogP contribution in [-0.2, 0) is 4.79 Å². The molecule has 1 aromatic rings. The predicted molar refractivity (Wildman–Crippen MR) is 103 cm³/mol. The van der Waals surface area contributed by atoms with Crippen LogP contribution in [0.4, 0.5) is 5.69 Å². The molecule has 5 heteroatoms. The first kappa shape index (κ1) is 18.3. The van der Waals surface area contributed by atoms with Crippen molar-refractivity contribution in [2.24, 2.45) is 5.92 Å². The summed E-state index contributed by atoms with van der Waals surface area (Å²) < 4.78 is 0. The van der Waals surface area contributed by atoms with Crippen LogP contribution in [0.2, 0.25) is 5.02 Å². The Labute approximate surface area is 154 Å². The lowest BCUT2D eigenvalue weighted by atomic mass is 9.87. The number of anilines is 1. The fourth-order valence-corrected chi connectivity index (χ4v) is 4.22. The number of hydrogen-bond acceptors (Lipinski definition) is 3. The molecular weight excluding hydrogens is 336 g/mol. The van der Waals surface area contributed by atoms with Gasteiger partial charge in [0.1, 0.15) is 0 Å². The molecule has 4 nitrogen and oxygen atoms in total. The summed E-state index contributed by atoms with van der Waals surface area (Å²) in [5.41, 5.74) is 2.65. The molecule has 3 rings (SSSR count). The number of carbonyl (C=O) groups is 1. The highest BCUT2D eigenvalue weighted by Crippen LogP contribution is 2.35. The van der Waals surface area contributed by atoms with Gasteiger partial charge in [0.05, 0.1) is 11.6 Å². The van der Waals surface area contributed by atoms with Crippen molar-refractivity contribution < 1.29 is 9.90 Å². The normalized spacial score (nSPS) is 18.3. The summed E-state index contributed by atoms with van der Waals surface area (Å²) in [5, 5.41) is 13.1. The van der Waals surface area contributed by atoms with Crippen molar-refractivity contribution in [1.29, 1.82) is 0 Å². The number of rotatable bonds is 5. The molecule has 1 aliphatic heterocycles. The molecule has 2 aliphatic rings. The van der Waals surface area contributed by atoms with Gasteiger partial charge in [-0.2, -0.15) is 0 Å². The summed E-state index contributed by atoms with van der Waals surface area (Å²) in [7, 11) is 0. The molecule has 1 amide bonds. The Hall–Kier alpha value is -1.52. The number of nitrogens with zero attached hydrogens (tertiary/aromatic N) is 1. The molecule has 0 unspecified atom stereocenters. The summed E-state index contributed by atoms with van der Waals surface area (Å²) in [5.74, 6) is 0.594. The van der Waals surface area contributed by atoms with E-state index in [1.807, 2.05) is 18.2 Å². The highest BCUT2D eigenvalue weighted by molar-refractivity contribution is 6.33. The van der Waals surface area contributed by atoms with Gasteiger partial charge in [-0.15, -0.1) is 0 Å². The summed E-state index contributed by atoms with van der Waals surface area (Å²) >= 11 is 6.47. The first-order chi connectivity index (χ1) is 12.2. The fourth-order valence-electron chi connectivity index (χ4n) is 3.95. The molecule has 136 valence electrons. The number of aliphatic hydroxyl groups is 1. The highest BCUT2D eigenvalue weighted by Gasteiger charge is 2.22. The molecule has 1 aromatic carbocycles. The van der Waals surface area contributed by atoms with E-state index in [1.165, 1.54) is 19.3 Å². The van der Waals surface area contributed by atoms with Gasteiger partial charge < -0.3 is 15.3 Å². The topological polar surface area (TPSA) is 52.6 Å². The number of benzene rings is 1. The molecule has 0 aromatic heterocycles. The number of halogens is 1. The summed E-state index contributed by atoms with van der Waals surface area (Å²) in [6.07, 6.45) is 9.56. The Kier molecular flexibility index (Phi) is 6.38. The van der Waals surface area contributed by atoms with E-state index < -0.39 is 0 Å². The van der Waals surface area contributed by atoms with E-state index in [9.17, 15) is 9.90 Å². The molecule has 1 saturated carbocycles. The molecule has 25 heavy (non-hydrogen) atoms. The van der Waals surface area contributed by atoms with Crippen LogP contribution in [0.1, 0.15) is 50.5 Å². The zero-order valence-corrected chi connectivity index (χ0v) is 15.4. The monoisotopic (exact) mass is 362 g/mol. The third-order valence-electron chi connectivity index (χ3n) is 5.19. The summed E-state index contributed by atoms with van der Waals surface area (Å²) in [6.45, 7) is 1.45. The van der Waals surface area contributed by atoms with Crippen molar-refractivity contribution in [3.05, 3.63) is 34.9 Å². The minimum absolute atomic E-state index is 0.0830. The smallest absolute Gasteiger partial charge is 0.224 e. The molecule has 0 saturated heterocycles. The Balaban J connectivity index is 1.77. The molecule has 2 N–H and O–H groups in total. The number of β-amino-alcohol motifs (C(OH)–C–C–N with tert-alkyl or cyclic N) is 1. The second-order valence-corrected chi connectivity index (χ2v) is 7.41. The minimum atomic E-state index is 0.0830. The van der Waals surface area contributed by atoms with Gasteiger partial charge in [-0.3, -0.25) is 4.79 Å². The molecule has 1 heterocycles. The Morgan fingerprint density at radius 2 is 2.08 bits per heavy atom. The van der Waals surface area contributed by atoms with Crippen LogP contribution >= 0.6 is 11.6 Å². The third kappa shape index (κ3) is 4.56. The Bertz CT molecular complexity index is 639. The van der Waals surface area contributed by atoms with Crippen LogP contribution in [0.25, 0.3) is 5.70 Å². The van der Waals surface area contributed by atoms with Crippen molar-refractivity contribution in [3.63, 3.8) is 0 Å². The minimum Gasteiger partial charge on any atom is -0.395 e. The molecule has 0 bridgehead atoms. The first-order valence-electron chi connectivity index (χ1n) is 9.33. The van der Waals surface area contributed by atoms with Crippen molar-refractivity contribution >= 4 is 28.9 Å². The van der Waals surface area contributed by atoms with Gasteiger partial charge in [0, 0.05) is 36.5 Å². The fraction of sp³-hybridized carbons (Fsp3) is 0.550. The van der Waals surface area contributed by atoms with Gasteiger partial charge in [0.2, 0.25) is 5.91 Å². The second kappa shape index (κ2) is 8.72. The van der Waals surface area contributed by atoms with E-state index in [4.69, 9.17) is 11.6 Å². The van der Waals surface area contributed by atoms with Gasteiger partial charge in [0.25, 0.3) is 0 Å². The van der Waals surface area contributed by atoms with Crippen LogP contribution in [-0.4, -0.2) is 30.7 Å². The summed E-state index contributed by atoms with van der Waals surface area (Å²) in [4.78, 5) is 14.7. The Morgan fingerprint density at radius 3 is 2.84 bits per heavy atom. The number of hydrogen-bond donors (Lipinski definition) is 2. The van der Waals surface area contributed by atoms with Crippen molar-refractivity contribution in [2.75, 3.05) is 24.6 Å². The number of aliphatic hydroxyl groups excluding tert-OH is 1. The van der Waals surface area contributed by atoms with Gasteiger partial charge in [0.15, 0.2) is 0 Å². The van der Waals surface area contributed by atoms with E-state index >= 15 is 0 Å². The molecule has 0 atom stereocenters. The number of carbonyl (C=O) groups excluding carboxylic acids is 1.